The molecule has 0 saturated carbocycles. The molecule has 2 unspecified atom stereocenters. The number of aryl methyl sites for hydroxylation is 1. The van der Waals surface area contributed by atoms with E-state index in [4.69, 9.17) is 0 Å². The summed E-state index contributed by atoms with van der Waals surface area (Å²) in [6, 6.07) is 4.20. The predicted molar refractivity (Wildman–Crippen MR) is 76.1 cm³/mol. The van der Waals surface area contributed by atoms with E-state index < -0.39 is 0 Å². The molecule has 1 aliphatic heterocycles. The van der Waals surface area contributed by atoms with Crippen LogP contribution in [0.5, 0.6) is 0 Å². The van der Waals surface area contributed by atoms with Crippen LogP contribution < -0.4 is 5.32 Å². The Hall–Kier alpha value is -1.42. The van der Waals surface area contributed by atoms with Crippen molar-refractivity contribution in [1.29, 1.82) is 0 Å². The van der Waals surface area contributed by atoms with Crippen LogP contribution in [0.15, 0.2) is 18.3 Å². The molecule has 1 aromatic heterocycles. The van der Waals surface area contributed by atoms with Gasteiger partial charge < -0.3 is 10.2 Å². The SMILES string of the molecule is CCNC1CCN(C(=O)c2ccnc(C)c2)CC1C. The van der Waals surface area contributed by atoms with E-state index in [0.717, 1.165) is 37.3 Å². The number of piperidine rings is 1. The Morgan fingerprint density at radius 1 is 1.58 bits per heavy atom. The Kier molecular flexibility index (Phi) is 4.53. The largest absolute Gasteiger partial charge is 0.338 e. The number of hydrogen-bond acceptors (Lipinski definition) is 3. The number of likely N-dealkylation sites (tertiary alicyclic amines) is 1. The second-order valence-electron chi connectivity index (χ2n) is 5.37. The highest BCUT2D eigenvalue weighted by atomic mass is 16.2. The molecule has 0 radical (unpaired) electrons. The van der Waals surface area contributed by atoms with E-state index in [1.807, 2.05) is 17.9 Å². The Morgan fingerprint density at radius 3 is 3.00 bits per heavy atom. The minimum Gasteiger partial charge on any atom is -0.338 e. The van der Waals surface area contributed by atoms with Crippen molar-refractivity contribution in [2.45, 2.75) is 33.2 Å². The molecule has 4 nitrogen and oxygen atoms in total. The molecule has 1 fully saturated rings. The van der Waals surface area contributed by atoms with Gasteiger partial charge in [0.05, 0.1) is 0 Å². The van der Waals surface area contributed by atoms with E-state index in [1.165, 1.54) is 0 Å². The summed E-state index contributed by atoms with van der Waals surface area (Å²) in [6.45, 7) is 8.91. The molecule has 104 valence electrons. The van der Waals surface area contributed by atoms with Crippen LogP contribution in [0.3, 0.4) is 0 Å². The smallest absolute Gasteiger partial charge is 0.253 e. The summed E-state index contributed by atoms with van der Waals surface area (Å²) in [4.78, 5) is 18.5. The maximum atomic E-state index is 12.4. The van der Waals surface area contributed by atoms with Crippen molar-refractivity contribution in [1.82, 2.24) is 15.2 Å². The molecule has 1 aromatic rings. The summed E-state index contributed by atoms with van der Waals surface area (Å²) in [5.74, 6) is 0.632. The van der Waals surface area contributed by atoms with Crippen LogP contribution in [-0.4, -0.2) is 41.5 Å². The van der Waals surface area contributed by atoms with Gasteiger partial charge in [-0.05, 0) is 37.9 Å². The van der Waals surface area contributed by atoms with Gasteiger partial charge in [0.25, 0.3) is 5.91 Å². The number of nitrogens with one attached hydrogen (secondary N) is 1. The lowest BCUT2D eigenvalue weighted by Gasteiger charge is -2.37. The lowest BCUT2D eigenvalue weighted by Crippen LogP contribution is -2.50. The first kappa shape index (κ1) is 14.0. The van der Waals surface area contributed by atoms with Gasteiger partial charge in [0.15, 0.2) is 0 Å². The third-order valence-electron chi connectivity index (χ3n) is 3.80. The number of amides is 1. The van der Waals surface area contributed by atoms with Gasteiger partial charge in [0.2, 0.25) is 0 Å². The van der Waals surface area contributed by atoms with Crippen molar-refractivity contribution in [3.63, 3.8) is 0 Å². The first-order valence-electron chi connectivity index (χ1n) is 7.07. The van der Waals surface area contributed by atoms with Crippen LogP contribution in [0.2, 0.25) is 0 Å². The molecule has 2 atom stereocenters. The average molecular weight is 261 g/mol. The molecule has 0 aromatic carbocycles. The first-order valence-corrected chi connectivity index (χ1v) is 7.07. The Bertz CT molecular complexity index is 447. The normalized spacial score (nSPS) is 23.4. The van der Waals surface area contributed by atoms with E-state index >= 15 is 0 Å². The van der Waals surface area contributed by atoms with Crippen LogP contribution in [0, 0.1) is 12.8 Å². The fourth-order valence-corrected chi connectivity index (χ4v) is 2.76. The molecule has 4 heteroatoms. The molecule has 0 bridgehead atoms. The summed E-state index contributed by atoms with van der Waals surface area (Å²) < 4.78 is 0. The molecule has 1 saturated heterocycles. The number of carbonyl (C=O) groups excluding carboxylic acids is 1. The molecular weight excluding hydrogens is 238 g/mol. The Labute approximate surface area is 115 Å². The summed E-state index contributed by atoms with van der Waals surface area (Å²) >= 11 is 0. The molecule has 0 aliphatic carbocycles. The van der Waals surface area contributed by atoms with Gasteiger partial charge >= 0.3 is 0 Å². The highest BCUT2D eigenvalue weighted by Crippen LogP contribution is 2.19. The minimum atomic E-state index is 0.132. The van der Waals surface area contributed by atoms with E-state index in [-0.39, 0.29) is 5.91 Å². The first-order chi connectivity index (χ1) is 9.11. The molecule has 0 spiro atoms. The number of rotatable bonds is 3. The number of pyridine rings is 1. The van der Waals surface area contributed by atoms with Gasteiger partial charge in [-0.3, -0.25) is 9.78 Å². The summed E-state index contributed by atoms with van der Waals surface area (Å²) in [5.41, 5.74) is 1.64. The van der Waals surface area contributed by atoms with E-state index in [2.05, 4.69) is 24.1 Å². The minimum absolute atomic E-state index is 0.132. The molecule has 2 heterocycles. The molecule has 1 N–H and O–H groups in total. The van der Waals surface area contributed by atoms with Gasteiger partial charge in [0, 0.05) is 36.6 Å². The highest BCUT2D eigenvalue weighted by Gasteiger charge is 2.28. The van der Waals surface area contributed by atoms with Crippen molar-refractivity contribution in [3.05, 3.63) is 29.6 Å². The molecule has 1 amide bonds. The van der Waals surface area contributed by atoms with Crippen LogP contribution >= 0.6 is 0 Å². The van der Waals surface area contributed by atoms with Crippen LogP contribution in [-0.2, 0) is 0 Å². The van der Waals surface area contributed by atoms with Crippen LogP contribution in [0.25, 0.3) is 0 Å². The third-order valence-corrected chi connectivity index (χ3v) is 3.80. The van der Waals surface area contributed by atoms with E-state index in [0.29, 0.717) is 12.0 Å². The maximum absolute atomic E-state index is 12.4. The van der Waals surface area contributed by atoms with Crippen LogP contribution in [0.4, 0.5) is 0 Å². The fourth-order valence-electron chi connectivity index (χ4n) is 2.76. The summed E-state index contributed by atoms with van der Waals surface area (Å²) in [5, 5.41) is 3.49. The topological polar surface area (TPSA) is 45.2 Å². The molecule has 1 aliphatic rings. The van der Waals surface area contributed by atoms with E-state index in [9.17, 15) is 4.79 Å². The van der Waals surface area contributed by atoms with Crippen molar-refractivity contribution >= 4 is 5.91 Å². The maximum Gasteiger partial charge on any atom is 0.253 e. The second kappa shape index (κ2) is 6.15. The number of nitrogens with zero attached hydrogens (tertiary/aromatic N) is 2. The van der Waals surface area contributed by atoms with Crippen molar-refractivity contribution in [2.24, 2.45) is 5.92 Å². The van der Waals surface area contributed by atoms with E-state index in [1.54, 1.807) is 12.3 Å². The summed E-state index contributed by atoms with van der Waals surface area (Å²) in [6.07, 6.45) is 2.74. The zero-order valence-electron chi connectivity index (χ0n) is 12.0. The molecular formula is C15H23N3O. The number of carbonyl (C=O) groups is 1. The summed E-state index contributed by atoms with van der Waals surface area (Å²) in [7, 11) is 0. The van der Waals surface area contributed by atoms with Crippen molar-refractivity contribution in [3.8, 4) is 0 Å². The predicted octanol–water partition coefficient (Wildman–Crippen LogP) is 1.85. The van der Waals surface area contributed by atoms with Gasteiger partial charge in [-0.15, -0.1) is 0 Å². The monoisotopic (exact) mass is 261 g/mol. The Balaban J connectivity index is 2.02. The molecule has 2 rings (SSSR count). The number of aromatic nitrogens is 1. The fraction of sp³-hybridized carbons (Fsp3) is 0.600. The third kappa shape index (κ3) is 3.32. The van der Waals surface area contributed by atoms with Gasteiger partial charge in [0.1, 0.15) is 0 Å². The van der Waals surface area contributed by atoms with Crippen LogP contribution in [0.1, 0.15) is 36.3 Å². The standard InChI is InChI=1S/C15H23N3O/c1-4-16-14-6-8-18(10-11(14)2)15(19)13-5-7-17-12(3)9-13/h5,7,9,11,14,16H,4,6,8,10H2,1-3H3. The Morgan fingerprint density at radius 2 is 2.37 bits per heavy atom. The van der Waals surface area contributed by atoms with Gasteiger partial charge in [-0.25, -0.2) is 0 Å². The highest BCUT2D eigenvalue weighted by molar-refractivity contribution is 5.94. The lowest BCUT2D eigenvalue weighted by atomic mass is 9.93. The van der Waals surface area contributed by atoms with Gasteiger partial charge in [-0.1, -0.05) is 13.8 Å². The molecule has 19 heavy (non-hydrogen) atoms. The van der Waals surface area contributed by atoms with Crippen molar-refractivity contribution in [2.75, 3.05) is 19.6 Å². The van der Waals surface area contributed by atoms with Crippen molar-refractivity contribution < 1.29 is 4.79 Å². The zero-order valence-corrected chi connectivity index (χ0v) is 12.0. The number of hydrogen-bond donors (Lipinski definition) is 1. The second-order valence-corrected chi connectivity index (χ2v) is 5.37. The average Bonchev–Trinajstić information content (AvgIpc) is 2.40. The zero-order chi connectivity index (χ0) is 13.8. The quantitative estimate of drug-likeness (QED) is 0.903. The lowest BCUT2D eigenvalue weighted by molar-refractivity contribution is 0.0646. The van der Waals surface area contributed by atoms with Gasteiger partial charge in [-0.2, -0.15) is 0 Å².